The SMILES string of the molecule is CCOC1CC(Cc2nc3ccc(Cl)cc3[nH]2)C1. The standard InChI is InChI=1S/C14H17ClN2O/c1-2-18-11-5-9(6-11)7-14-16-12-4-3-10(15)8-13(12)17-14/h3-4,8-9,11H,2,5-7H2,1H3,(H,16,17). The Hall–Kier alpha value is -1.06. The molecule has 96 valence electrons. The van der Waals surface area contributed by atoms with Gasteiger partial charge in [-0.2, -0.15) is 0 Å². The molecule has 3 rings (SSSR count). The third kappa shape index (κ3) is 2.38. The largest absolute Gasteiger partial charge is 0.378 e. The number of hydrogen-bond donors (Lipinski definition) is 1. The average molecular weight is 265 g/mol. The van der Waals surface area contributed by atoms with Crippen molar-refractivity contribution < 1.29 is 4.74 Å². The Kier molecular flexibility index (Phi) is 3.27. The van der Waals surface area contributed by atoms with Crippen molar-refractivity contribution in [2.75, 3.05) is 6.61 Å². The lowest BCUT2D eigenvalue weighted by Gasteiger charge is -2.34. The maximum atomic E-state index is 5.96. The topological polar surface area (TPSA) is 37.9 Å². The van der Waals surface area contributed by atoms with Crippen LogP contribution in [0.4, 0.5) is 0 Å². The van der Waals surface area contributed by atoms with E-state index in [1.54, 1.807) is 0 Å². The van der Waals surface area contributed by atoms with Gasteiger partial charge in [-0.1, -0.05) is 11.6 Å². The zero-order valence-corrected chi connectivity index (χ0v) is 11.2. The smallest absolute Gasteiger partial charge is 0.107 e. The molecule has 0 radical (unpaired) electrons. The summed E-state index contributed by atoms with van der Waals surface area (Å²) >= 11 is 5.96. The van der Waals surface area contributed by atoms with E-state index in [0.29, 0.717) is 12.0 Å². The molecule has 0 aliphatic heterocycles. The lowest BCUT2D eigenvalue weighted by atomic mass is 9.80. The van der Waals surface area contributed by atoms with E-state index in [9.17, 15) is 0 Å². The van der Waals surface area contributed by atoms with Gasteiger partial charge in [0, 0.05) is 18.1 Å². The van der Waals surface area contributed by atoms with Gasteiger partial charge in [0.05, 0.1) is 17.1 Å². The number of aromatic amines is 1. The number of imidazole rings is 1. The molecule has 1 saturated carbocycles. The fourth-order valence-corrected chi connectivity index (χ4v) is 2.79. The highest BCUT2D eigenvalue weighted by atomic mass is 35.5. The van der Waals surface area contributed by atoms with Crippen molar-refractivity contribution in [1.82, 2.24) is 9.97 Å². The van der Waals surface area contributed by atoms with Crippen LogP contribution in [0.1, 0.15) is 25.6 Å². The van der Waals surface area contributed by atoms with E-state index in [2.05, 4.69) is 16.9 Å². The van der Waals surface area contributed by atoms with Crippen LogP contribution in [-0.4, -0.2) is 22.7 Å². The number of H-pyrrole nitrogens is 1. The molecule has 0 atom stereocenters. The molecule has 0 spiro atoms. The van der Waals surface area contributed by atoms with Crippen molar-refractivity contribution in [3.8, 4) is 0 Å². The van der Waals surface area contributed by atoms with Crippen LogP contribution in [0.2, 0.25) is 5.02 Å². The van der Waals surface area contributed by atoms with Crippen LogP contribution < -0.4 is 0 Å². The van der Waals surface area contributed by atoms with E-state index in [1.165, 1.54) is 0 Å². The van der Waals surface area contributed by atoms with Crippen molar-refractivity contribution in [3.63, 3.8) is 0 Å². The molecule has 18 heavy (non-hydrogen) atoms. The molecular formula is C14H17ClN2O. The molecule has 1 fully saturated rings. The number of fused-ring (bicyclic) bond motifs is 1. The second kappa shape index (κ2) is 4.90. The van der Waals surface area contributed by atoms with Crippen LogP contribution in [-0.2, 0) is 11.2 Å². The summed E-state index contributed by atoms with van der Waals surface area (Å²) < 4.78 is 5.57. The number of nitrogens with zero attached hydrogens (tertiary/aromatic N) is 1. The summed E-state index contributed by atoms with van der Waals surface area (Å²) in [5.74, 6) is 1.77. The number of benzene rings is 1. The highest BCUT2D eigenvalue weighted by Gasteiger charge is 2.30. The van der Waals surface area contributed by atoms with Gasteiger partial charge < -0.3 is 9.72 Å². The number of hydrogen-bond acceptors (Lipinski definition) is 2. The second-order valence-corrected chi connectivity index (χ2v) is 5.40. The number of aromatic nitrogens is 2. The van der Waals surface area contributed by atoms with Crippen molar-refractivity contribution in [2.24, 2.45) is 5.92 Å². The van der Waals surface area contributed by atoms with E-state index >= 15 is 0 Å². The van der Waals surface area contributed by atoms with Crippen LogP contribution in [0, 0.1) is 5.92 Å². The minimum atomic E-state index is 0.471. The van der Waals surface area contributed by atoms with Gasteiger partial charge in [0.1, 0.15) is 5.82 Å². The molecule has 0 saturated heterocycles. The quantitative estimate of drug-likeness (QED) is 0.917. The van der Waals surface area contributed by atoms with Gasteiger partial charge in [-0.25, -0.2) is 4.98 Å². The van der Waals surface area contributed by atoms with Gasteiger partial charge in [0.15, 0.2) is 0 Å². The monoisotopic (exact) mass is 264 g/mol. The summed E-state index contributed by atoms with van der Waals surface area (Å²) in [5.41, 5.74) is 2.02. The fourth-order valence-electron chi connectivity index (χ4n) is 2.62. The first-order valence-electron chi connectivity index (χ1n) is 6.50. The molecule has 2 aromatic rings. The number of rotatable bonds is 4. The van der Waals surface area contributed by atoms with Gasteiger partial charge in [0.2, 0.25) is 0 Å². The maximum Gasteiger partial charge on any atom is 0.107 e. The van der Waals surface area contributed by atoms with Crippen LogP contribution in [0.3, 0.4) is 0 Å². The predicted molar refractivity (Wildman–Crippen MR) is 72.9 cm³/mol. The summed E-state index contributed by atoms with van der Waals surface area (Å²) in [5, 5.41) is 0.748. The third-order valence-corrected chi connectivity index (χ3v) is 3.80. The van der Waals surface area contributed by atoms with Crippen LogP contribution in [0.15, 0.2) is 18.2 Å². The average Bonchev–Trinajstić information content (AvgIpc) is 2.68. The highest BCUT2D eigenvalue weighted by molar-refractivity contribution is 6.31. The predicted octanol–water partition coefficient (Wildman–Crippen LogP) is 3.57. The maximum absolute atomic E-state index is 5.96. The molecule has 1 aliphatic carbocycles. The van der Waals surface area contributed by atoms with Gasteiger partial charge >= 0.3 is 0 Å². The second-order valence-electron chi connectivity index (χ2n) is 4.96. The highest BCUT2D eigenvalue weighted by Crippen LogP contribution is 2.32. The number of halogens is 1. The van der Waals surface area contributed by atoms with E-state index in [-0.39, 0.29) is 0 Å². The first kappa shape index (κ1) is 12.0. The first-order valence-corrected chi connectivity index (χ1v) is 6.88. The molecule has 0 amide bonds. The normalized spacial score (nSPS) is 23.2. The zero-order valence-electron chi connectivity index (χ0n) is 10.4. The lowest BCUT2D eigenvalue weighted by molar-refractivity contribution is -0.0244. The minimum Gasteiger partial charge on any atom is -0.378 e. The molecule has 0 unspecified atom stereocenters. The Bertz CT molecular complexity index is 546. The van der Waals surface area contributed by atoms with Crippen molar-refractivity contribution in [3.05, 3.63) is 29.0 Å². The van der Waals surface area contributed by atoms with Crippen molar-refractivity contribution >= 4 is 22.6 Å². The Morgan fingerprint density at radius 2 is 2.28 bits per heavy atom. The van der Waals surface area contributed by atoms with Crippen LogP contribution >= 0.6 is 11.6 Å². The summed E-state index contributed by atoms with van der Waals surface area (Å²) in [7, 11) is 0. The summed E-state index contributed by atoms with van der Waals surface area (Å²) in [6, 6.07) is 5.77. The van der Waals surface area contributed by atoms with E-state index in [1.807, 2.05) is 18.2 Å². The molecule has 0 bridgehead atoms. The molecule has 4 heteroatoms. The Morgan fingerprint density at radius 3 is 3.06 bits per heavy atom. The molecule has 1 aromatic heterocycles. The van der Waals surface area contributed by atoms with Gasteiger partial charge in [0.25, 0.3) is 0 Å². The van der Waals surface area contributed by atoms with Crippen molar-refractivity contribution in [1.29, 1.82) is 0 Å². The van der Waals surface area contributed by atoms with Crippen molar-refractivity contribution in [2.45, 2.75) is 32.3 Å². The summed E-state index contributed by atoms with van der Waals surface area (Å²) in [6.07, 6.45) is 3.80. The molecule has 1 aromatic carbocycles. The molecular weight excluding hydrogens is 248 g/mol. The molecule has 1 N–H and O–H groups in total. The van der Waals surface area contributed by atoms with Gasteiger partial charge in [-0.05, 0) is 43.9 Å². The Balaban J connectivity index is 1.65. The number of nitrogens with one attached hydrogen (secondary N) is 1. The third-order valence-electron chi connectivity index (χ3n) is 3.57. The van der Waals surface area contributed by atoms with Crippen LogP contribution in [0.25, 0.3) is 11.0 Å². The lowest BCUT2D eigenvalue weighted by Crippen LogP contribution is -2.32. The van der Waals surface area contributed by atoms with E-state index in [0.717, 1.165) is 47.7 Å². The first-order chi connectivity index (χ1) is 8.74. The van der Waals surface area contributed by atoms with Gasteiger partial charge in [-0.15, -0.1) is 0 Å². The minimum absolute atomic E-state index is 0.471. The summed E-state index contributed by atoms with van der Waals surface area (Å²) in [4.78, 5) is 7.94. The van der Waals surface area contributed by atoms with E-state index in [4.69, 9.17) is 16.3 Å². The molecule has 1 aliphatic rings. The van der Waals surface area contributed by atoms with Crippen LogP contribution in [0.5, 0.6) is 0 Å². The van der Waals surface area contributed by atoms with Gasteiger partial charge in [-0.3, -0.25) is 0 Å². The number of ether oxygens (including phenoxy) is 1. The Labute approximate surface area is 112 Å². The molecule has 3 nitrogen and oxygen atoms in total. The molecule has 1 heterocycles. The Morgan fingerprint density at radius 1 is 1.44 bits per heavy atom. The fraction of sp³-hybridized carbons (Fsp3) is 0.500. The van der Waals surface area contributed by atoms with E-state index < -0.39 is 0 Å². The zero-order chi connectivity index (χ0) is 12.5. The summed E-state index contributed by atoms with van der Waals surface area (Å²) in [6.45, 7) is 2.87.